The second kappa shape index (κ2) is 7.13. The van der Waals surface area contributed by atoms with E-state index in [0.717, 1.165) is 12.8 Å². The molecule has 4 heteroatoms. The fourth-order valence-corrected chi connectivity index (χ4v) is 1.52. The van der Waals surface area contributed by atoms with Crippen molar-refractivity contribution in [3.63, 3.8) is 0 Å². The van der Waals surface area contributed by atoms with E-state index >= 15 is 0 Å². The van der Waals surface area contributed by atoms with Gasteiger partial charge in [0.2, 0.25) is 0 Å². The summed E-state index contributed by atoms with van der Waals surface area (Å²) in [6, 6.07) is 10.2. The molecule has 1 atom stereocenters. The molecule has 3 N–H and O–H groups in total. The van der Waals surface area contributed by atoms with E-state index in [2.05, 4.69) is 12.1 Å². The van der Waals surface area contributed by atoms with E-state index in [4.69, 9.17) is 15.6 Å². The van der Waals surface area contributed by atoms with Crippen LogP contribution in [0.15, 0.2) is 30.3 Å². The standard InChI is InChI=1S/C14H21NO3/c1-14(15,13(16)17)9-11-18-10-5-8-12-6-3-2-4-7-12/h2-4,6-7H,5,8-11,15H2,1H3,(H,16,17). The van der Waals surface area contributed by atoms with Gasteiger partial charge in [-0.15, -0.1) is 0 Å². The van der Waals surface area contributed by atoms with Gasteiger partial charge in [0.05, 0.1) is 0 Å². The molecule has 1 aromatic rings. The minimum absolute atomic E-state index is 0.327. The molecular formula is C14H21NO3. The molecular weight excluding hydrogens is 230 g/mol. The largest absolute Gasteiger partial charge is 0.480 e. The molecule has 0 aliphatic rings. The molecule has 1 rings (SSSR count). The number of rotatable bonds is 8. The van der Waals surface area contributed by atoms with E-state index in [0.29, 0.717) is 19.6 Å². The minimum atomic E-state index is -1.20. The van der Waals surface area contributed by atoms with Gasteiger partial charge in [0, 0.05) is 13.2 Å². The smallest absolute Gasteiger partial charge is 0.323 e. The van der Waals surface area contributed by atoms with Crippen LogP contribution in [0.3, 0.4) is 0 Å². The third-order valence-corrected chi connectivity index (χ3v) is 2.85. The van der Waals surface area contributed by atoms with Crippen molar-refractivity contribution in [2.75, 3.05) is 13.2 Å². The summed E-state index contributed by atoms with van der Waals surface area (Å²) in [4.78, 5) is 10.7. The number of hydrogen-bond donors (Lipinski definition) is 2. The van der Waals surface area contributed by atoms with Gasteiger partial charge in [-0.25, -0.2) is 0 Å². The quantitative estimate of drug-likeness (QED) is 0.691. The van der Waals surface area contributed by atoms with Crippen molar-refractivity contribution in [2.45, 2.75) is 31.7 Å². The van der Waals surface area contributed by atoms with Crippen molar-refractivity contribution in [1.82, 2.24) is 0 Å². The fourth-order valence-electron chi connectivity index (χ4n) is 1.52. The maximum absolute atomic E-state index is 10.7. The molecule has 4 nitrogen and oxygen atoms in total. The lowest BCUT2D eigenvalue weighted by atomic mass is 10.0. The van der Waals surface area contributed by atoms with Crippen molar-refractivity contribution < 1.29 is 14.6 Å². The van der Waals surface area contributed by atoms with Crippen LogP contribution in [0.1, 0.15) is 25.3 Å². The highest BCUT2D eigenvalue weighted by atomic mass is 16.5. The lowest BCUT2D eigenvalue weighted by molar-refractivity contribution is -0.143. The molecule has 0 fully saturated rings. The maximum Gasteiger partial charge on any atom is 0.323 e. The van der Waals surface area contributed by atoms with Crippen LogP contribution >= 0.6 is 0 Å². The van der Waals surface area contributed by atoms with Gasteiger partial charge in [0.1, 0.15) is 5.54 Å². The molecule has 1 aromatic carbocycles. The molecule has 0 heterocycles. The predicted octanol–water partition coefficient (Wildman–Crippen LogP) is 1.83. The molecule has 0 saturated carbocycles. The third-order valence-electron chi connectivity index (χ3n) is 2.85. The van der Waals surface area contributed by atoms with Crippen LogP contribution in [0.5, 0.6) is 0 Å². The zero-order valence-corrected chi connectivity index (χ0v) is 10.8. The van der Waals surface area contributed by atoms with Crippen LogP contribution in [-0.4, -0.2) is 29.8 Å². The van der Waals surface area contributed by atoms with Crippen molar-refractivity contribution in [1.29, 1.82) is 0 Å². The highest BCUT2D eigenvalue weighted by molar-refractivity contribution is 5.77. The number of carboxylic acid groups (broad SMARTS) is 1. The lowest BCUT2D eigenvalue weighted by Crippen LogP contribution is -2.45. The van der Waals surface area contributed by atoms with E-state index in [-0.39, 0.29) is 0 Å². The van der Waals surface area contributed by atoms with Crippen molar-refractivity contribution in [3.8, 4) is 0 Å². The summed E-state index contributed by atoms with van der Waals surface area (Å²) in [7, 11) is 0. The monoisotopic (exact) mass is 251 g/mol. The molecule has 0 saturated heterocycles. The Hall–Kier alpha value is -1.39. The third kappa shape index (κ3) is 5.29. The first-order chi connectivity index (χ1) is 8.52. The lowest BCUT2D eigenvalue weighted by Gasteiger charge is -2.18. The molecule has 0 amide bonds. The predicted molar refractivity (Wildman–Crippen MR) is 70.4 cm³/mol. The summed E-state index contributed by atoms with van der Waals surface area (Å²) < 4.78 is 5.40. The van der Waals surface area contributed by atoms with Gasteiger partial charge in [-0.05, 0) is 31.7 Å². The number of hydrogen-bond acceptors (Lipinski definition) is 3. The van der Waals surface area contributed by atoms with Gasteiger partial charge in [-0.1, -0.05) is 30.3 Å². The molecule has 0 bridgehead atoms. The number of ether oxygens (including phenoxy) is 1. The Bertz CT molecular complexity index is 363. The second-order valence-corrected chi connectivity index (χ2v) is 4.67. The molecule has 0 aliphatic carbocycles. The van der Waals surface area contributed by atoms with E-state index in [9.17, 15) is 4.79 Å². The van der Waals surface area contributed by atoms with E-state index in [1.165, 1.54) is 12.5 Å². The van der Waals surface area contributed by atoms with Crippen LogP contribution in [0.2, 0.25) is 0 Å². The number of carbonyl (C=O) groups is 1. The Morgan fingerprint density at radius 3 is 2.61 bits per heavy atom. The summed E-state index contributed by atoms with van der Waals surface area (Å²) in [6.45, 7) is 2.52. The zero-order chi connectivity index (χ0) is 13.4. The van der Waals surface area contributed by atoms with Crippen LogP contribution in [-0.2, 0) is 16.0 Å². The Morgan fingerprint density at radius 1 is 1.33 bits per heavy atom. The molecule has 0 spiro atoms. The van der Waals surface area contributed by atoms with Crippen LogP contribution in [0.4, 0.5) is 0 Å². The number of aryl methyl sites for hydroxylation is 1. The second-order valence-electron chi connectivity index (χ2n) is 4.67. The zero-order valence-electron chi connectivity index (χ0n) is 10.8. The van der Waals surface area contributed by atoms with Crippen LogP contribution < -0.4 is 5.73 Å². The normalized spacial score (nSPS) is 14.1. The van der Waals surface area contributed by atoms with Crippen molar-refractivity contribution in [3.05, 3.63) is 35.9 Å². The van der Waals surface area contributed by atoms with Gasteiger partial charge in [0.25, 0.3) is 0 Å². The summed E-state index contributed by atoms with van der Waals surface area (Å²) >= 11 is 0. The van der Waals surface area contributed by atoms with Gasteiger partial charge in [-0.2, -0.15) is 0 Å². The number of benzene rings is 1. The summed E-state index contributed by atoms with van der Waals surface area (Å²) in [5.74, 6) is -0.990. The van der Waals surface area contributed by atoms with Crippen molar-refractivity contribution in [2.24, 2.45) is 5.73 Å². The summed E-state index contributed by atoms with van der Waals surface area (Å²) in [5.41, 5.74) is 5.68. The van der Waals surface area contributed by atoms with Gasteiger partial charge in [-0.3, -0.25) is 4.79 Å². The van der Waals surface area contributed by atoms with Crippen LogP contribution in [0, 0.1) is 0 Å². The van der Waals surface area contributed by atoms with Crippen molar-refractivity contribution >= 4 is 5.97 Å². The molecule has 100 valence electrons. The average Bonchev–Trinajstić information content (AvgIpc) is 2.34. The number of aliphatic carboxylic acids is 1. The molecule has 0 aromatic heterocycles. The maximum atomic E-state index is 10.7. The molecule has 0 radical (unpaired) electrons. The highest BCUT2D eigenvalue weighted by Crippen LogP contribution is 2.06. The molecule has 18 heavy (non-hydrogen) atoms. The Morgan fingerprint density at radius 2 is 2.00 bits per heavy atom. The van der Waals surface area contributed by atoms with E-state index < -0.39 is 11.5 Å². The Balaban J connectivity index is 2.08. The molecule has 0 aliphatic heterocycles. The topological polar surface area (TPSA) is 72.5 Å². The van der Waals surface area contributed by atoms with Gasteiger partial charge >= 0.3 is 5.97 Å². The van der Waals surface area contributed by atoms with E-state index in [1.807, 2.05) is 18.2 Å². The van der Waals surface area contributed by atoms with Gasteiger partial charge in [0.15, 0.2) is 0 Å². The first-order valence-corrected chi connectivity index (χ1v) is 6.16. The van der Waals surface area contributed by atoms with Crippen LogP contribution in [0.25, 0.3) is 0 Å². The fraction of sp³-hybridized carbons (Fsp3) is 0.500. The number of nitrogens with two attached hydrogens (primary N) is 1. The first kappa shape index (κ1) is 14.7. The van der Waals surface area contributed by atoms with E-state index in [1.54, 1.807) is 0 Å². The summed E-state index contributed by atoms with van der Waals surface area (Å²) in [6.07, 6.45) is 2.23. The summed E-state index contributed by atoms with van der Waals surface area (Å²) in [5, 5.41) is 8.81. The number of carboxylic acids is 1. The SMILES string of the molecule is CC(N)(CCOCCCc1ccccc1)C(=O)O. The Kier molecular flexibility index (Phi) is 5.82. The highest BCUT2D eigenvalue weighted by Gasteiger charge is 2.27. The Labute approximate surface area is 108 Å². The molecule has 1 unspecified atom stereocenters. The first-order valence-electron chi connectivity index (χ1n) is 6.16. The average molecular weight is 251 g/mol. The minimum Gasteiger partial charge on any atom is -0.480 e. The van der Waals surface area contributed by atoms with Gasteiger partial charge < -0.3 is 15.6 Å².